The molecule has 0 spiro atoms. The van der Waals surface area contributed by atoms with Crippen molar-refractivity contribution in [3.05, 3.63) is 30.4 Å². The predicted molar refractivity (Wildman–Crippen MR) is 65.0 cm³/mol. The third-order valence-electron chi connectivity index (χ3n) is 3.18. The molecule has 1 aliphatic heterocycles. The van der Waals surface area contributed by atoms with Crippen molar-refractivity contribution in [2.45, 2.75) is 6.92 Å². The van der Waals surface area contributed by atoms with Gasteiger partial charge in [0, 0.05) is 32.4 Å². The third kappa shape index (κ3) is 1.55. The number of hydrogen-bond acceptors (Lipinski definition) is 3. The fourth-order valence-corrected chi connectivity index (χ4v) is 2.22. The number of piperazine rings is 1. The average Bonchev–Trinajstić information content (AvgIpc) is 2.72. The van der Waals surface area contributed by atoms with Crippen LogP contribution in [0.5, 0.6) is 0 Å². The first-order valence-electron chi connectivity index (χ1n) is 5.74. The normalized spacial score (nSPS) is 16.9. The molecule has 0 unspecified atom stereocenters. The van der Waals surface area contributed by atoms with Gasteiger partial charge in [-0.05, 0) is 19.1 Å². The van der Waals surface area contributed by atoms with Crippen molar-refractivity contribution in [1.29, 1.82) is 0 Å². The minimum absolute atomic E-state index is 1.05. The summed E-state index contributed by atoms with van der Waals surface area (Å²) < 4.78 is 2.15. The molecule has 2 aromatic heterocycles. The lowest BCUT2D eigenvalue weighted by atomic mass is 10.3. The van der Waals surface area contributed by atoms with Gasteiger partial charge in [0.25, 0.3) is 0 Å². The van der Waals surface area contributed by atoms with E-state index < -0.39 is 0 Å². The summed E-state index contributed by atoms with van der Waals surface area (Å²) in [5.74, 6) is 1.05. The first-order valence-corrected chi connectivity index (χ1v) is 5.74. The average molecular weight is 216 g/mol. The number of aryl methyl sites for hydroxylation is 1. The minimum atomic E-state index is 1.05. The van der Waals surface area contributed by atoms with Gasteiger partial charge >= 0.3 is 0 Å². The maximum atomic E-state index is 4.31. The molecule has 4 nitrogen and oxygen atoms in total. The molecule has 1 saturated heterocycles. The predicted octanol–water partition coefficient (Wildman–Crippen LogP) is 1.05. The van der Waals surface area contributed by atoms with E-state index in [4.69, 9.17) is 0 Å². The van der Waals surface area contributed by atoms with Crippen LogP contribution in [0.3, 0.4) is 0 Å². The fraction of sp³-hybridized carbons (Fsp3) is 0.417. The molecule has 2 aromatic rings. The van der Waals surface area contributed by atoms with Gasteiger partial charge in [-0.25, -0.2) is 4.98 Å². The summed E-state index contributed by atoms with van der Waals surface area (Å²) in [4.78, 5) is 6.73. The number of fused-ring (bicyclic) bond motifs is 1. The van der Waals surface area contributed by atoms with Crippen LogP contribution in [0.2, 0.25) is 0 Å². The van der Waals surface area contributed by atoms with Gasteiger partial charge in [0.2, 0.25) is 0 Å². The van der Waals surface area contributed by atoms with Crippen molar-refractivity contribution in [2.75, 3.05) is 31.1 Å². The number of rotatable bonds is 1. The fourth-order valence-electron chi connectivity index (χ4n) is 2.22. The Bertz CT molecular complexity index is 497. The lowest BCUT2D eigenvalue weighted by Crippen LogP contribution is -2.43. The highest BCUT2D eigenvalue weighted by Crippen LogP contribution is 2.17. The Morgan fingerprint density at radius 2 is 2.06 bits per heavy atom. The molecule has 0 aromatic carbocycles. The molecule has 0 aliphatic carbocycles. The van der Waals surface area contributed by atoms with E-state index in [1.54, 1.807) is 0 Å². The lowest BCUT2D eigenvalue weighted by Gasteiger charge is -2.29. The van der Waals surface area contributed by atoms with Crippen molar-refractivity contribution in [3.8, 4) is 0 Å². The van der Waals surface area contributed by atoms with E-state index in [0.717, 1.165) is 37.5 Å². The number of aromatic nitrogens is 2. The number of hydrogen-bond donors (Lipinski definition) is 1. The first kappa shape index (κ1) is 9.66. The molecule has 0 amide bonds. The SMILES string of the molecule is Cc1ncc2ccc(N3CCNCC3)cn12. The topological polar surface area (TPSA) is 32.6 Å². The van der Waals surface area contributed by atoms with Crippen LogP contribution in [-0.4, -0.2) is 35.6 Å². The molecular formula is C12H16N4. The number of anilines is 1. The maximum absolute atomic E-state index is 4.31. The van der Waals surface area contributed by atoms with Gasteiger partial charge in [0.05, 0.1) is 17.4 Å². The van der Waals surface area contributed by atoms with Crippen LogP contribution in [0.25, 0.3) is 5.52 Å². The van der Waals surface area contributed by atoms with Crippen LogP contribution in [0.1, 0.15) is 5.82 Å². The third-order valence-corrected chi connectivity index (χ3v) is 3.18. The smallest absolute Gasteiger partial charge is 0.110 e. The zero-order valence-corrected chi connectivity index (χ0v) is 9.48. The van der Waals surface area contributed by atoms with Crippen LogP contribution in [0.4, 0.5) is 5.69 Å². The van der Waals surface area contributed by atoms with Gasteiger partial charge in [-0.1, -0.05) is 0 Å². The molecular weight excluding hydrogens is 200 g/mol. The Kier molecular flexibility index (Phi) is 2.29. The quantitative estimate of drug-likeness (QED) is 0.773. The van der Waals surface area contributed by atoms with Gasteiger partial charge in [0.1, 0.15) is 5.82 Å². The van der Waals surface area contributed by atoms with Crippen molar-refractivity contribution < 1.29 is 0 Å². The molecule has 3 rings (SSSR count). The summed E-state index contributed by atoms with van der Waals surface area (Å²) in [6.45, 7) is 6.34. The molecule has 3 heterocycles. The van der Waals surface area contributed by atoms with Crippen LogP contribution < -0.4 is 10.2 Å². The van der Waals surface area contributed by atoms with Gasteiger partial charge in [-0.15, -0.1) is 0 Å². The summed E-state index contributed by atoms with van der Waals surface area (Å²) in [6, 6.07) is 4.32. The number of nitrogens with zero attached hydrogens (tertiary/aromatic N) is 3. The summed E-state index contributed by atoms with van der Waals surface area (Å²) in [5.41, 5.74) is 2.45. The van der Waals surface area contributed by atoms with Crippen molar-refractivity contribution in [3.63, 3.8) is 0 Å². The Morgan fingerprint density at radius 3 is 2.88 bits per heavy atom. The van der Waals surface area contributed by atoms with Crippen LogP contribution in [0, 0.1) is 6.92 Å². The van der Waals surface area contributed by atoms with Crippen LogP contribution in [0.15, 0.2) is 24.5 Å². The van der Waals surface area contributed by atoms with E-state index in [1.165, 1.54) is 5.69 Å². The molecule has 1 N–H and O–H groups in total. The zero-order valence-electron chi connectivity index (χ0n) is 9.48. The van der Waals surface area contributed by atoms with E-state index in [2.05, 4.69) is 37.9 Å². The van der Waals surface area contributed by atoms with E-state index in [9.17, 15) is 0 Å². The summed E-state index contributed by atoms with van der Waals surface area (Å²) >= 11 is 0. The van der Waals surface area contributed by atoms with Gasteiger partial charge in [-0.3, -0.25) is 0 Å². The molecule has 1 fully saturated rings. The molecule has 0 bridgehead atoms. The zero-order chi connectivity index (χ0) is 11.0. The Hall–Kier alpha value is -1.55. The Balaban J connectivity index is 1.99. The molecule has 4 heteroatoms. The second kappa shape index (κ2) is 3.79. The highest BCUT2D eigenvalue weighted by Gasteiger charge is 2.11. The van der Waals surface area contributed by atoms with E-state index in [0.29, 0.717) is 0 Å². The van der Waals surface area contributed by atoms with Crippen LogP contribution in [-0.2, 0) is 0 Å². The highest BCUT2D eigenvalue weighted by molar-refractivity contribution is 5.55. The van der Waals surface area contributed by atoms with Crippen LogP contribution >= 0.6 is 0 Å². The Labute approximate surface area is 94.9 Å². The molecule has 1 aliphatic rings. The minimum Gasteiger partial charge on any atom is -0.368 e. The van der Waals surface area contributed by atoms with Crippen molar-refractivity contribution in [1.82, 2.24) is 14.7 Å². The van der Waals surface area contributed by atoms with E-state index in [-0.39, 0.29) is 0 Å². The molecule has 0 saturated carbocycles. The molecule has 0 atom stereocenters. The second-order valence-corrected chi connectivity index (χ2v) is 4.22. The molecule has 16 heavy (non-hydrogen) atoms. The van der Waals surface area contributed by atoms with E-state index >= 15 is 0 Å². The Morgan fingerprint density at radius 1 is 1.25 bits per heavy atom. The number of pyridine rings is 1. The standard InChI is InChI=1S/C12H16N4/c1-10-14-8-11-2-3-12(9-16(10)11)15-6-4-13-5-7-15/h2-3,8-9,13H,4-7H2,1H3. The van der Waals surface area contributed by atoms with Crippen molar-refractivity contribution in [2.24, 2.45) is 0 Å². The summed E-state index contributed by atoms with van der Waals surface area (Å²) in [7, 11) is 0. The summed E-state index contributed by atoms with van der Waals surface area (Å²) in [6.07, 6.45) is 4.10. The molecule has 84 valence electrons. The van der Waals surface area contributed by atoms with Gasteiger partial charge in [0.15, 0.2) is 0 Å². The second-order valence-electron chi connectivity index (χ2n) is 4.22. The number of nitrogens with one attached hydrogen (secondary N) is 1. The van der Waals surface area contributed by atoms with Crippen molar-refractivity contribution >= 4 is 11.2 Å². The highest BCUT2D eigenvalue weighted by atomic mass is 15.2. The molecule has 0 radical (unpaired) electrons. The number of imidazole rings is 1. The largest absolute Gasteiger partial charge is 0.368 e. The summed E-state index contributed by atoms with van der Waals surface area (Å²) in [5, 5.41) is 3.37. The van der Waals surface area contributed by atoms with Gasteiger partial charge < -0.3 is 14.6 Å². The van der Waals surface area contributed by atoms with E-state index in [1.807, 2.05) is 13.1 Å². The monoisotopic (exact) mass is 216 g/mol. The van der Waals surface area contributed by atoms with Gasteiger partial charge in [-0.2, -0.15) is 0 Å². The first-order chi connectivity index (χ1) is 7.84. The maximum Gasteiger partial charge on any atom is 0.110 e. The lowest BCUT2D eigenvalue weighted by molar-refractivity contribution is 0.588.